The lowest BCUT2D eigenvalue weighted by atomic mass is 9.94. The number of benzene rings is 1. The standard InChI is InChI=1S/C13H18BrFN2/c1-9-4-5-17(8-13(9)16)7-10-2-3-12(15)11(14)6-10/h2-3,6,9,13H,4-5,7-8,16H2,1H3. The van der Waals surface area contributed by atoms with Crippen molar-refractivity contribution in [2.45, 2.75) is 25.9 Å². The molecule has 1 fully saturated rings. The van der Waals surface area contributed by atoms with E-state index >= 15 is 0 Å². The highest BCUT2D eigenvalue weighted by Crippen LogP contribution is 2.21. The Morgan fingerprint density at radius 3 is 2.94 bits per heavy atom. The molecule has 0 bridgehead atoms. The molecule has 0 amide bonds. The molecule has 1 saturated heterocycles. The maximum absolute atomic E-state index is 13.1. The minimum atomic E-state index is -0.210. The third-order valence-corrected chi connectivity index (χ3v) is 4.10. The van der Waals surface area contributed by atoms with Crippen LogP contribution < -0.4 is 5.73 Å². The molecule has 0 aromatic heterocycles. The van der Waals surface area contributed by atoms with Gasteiger partial charge in [-0.2, -0.15) is 0 Å². The highest BCUT2D eigenvalue weighted by atomic mass is 79.9. The first kappa shape index (κ1) is 13.0. The van der Waals surface area contributed by atoms with Gasteiger partial charge in [0, 0.05) is 19.1 Å². The molecule has 1 aliphatic rings. The Kier molecular flexibility index (Phi) is 4.17. The molecule has 17 heavy (non-hydrogen) atoms. The number of nitrogens with zero attached hydrogens (tertiary/aromatic N) is 1. The third-order valence-electron chi connectivity index (χ3n) is 3.49. The van der Waals surface area contributed by atoms with E-state index in [2.05, 4.69) is 27.8 Å². The summed E-state index contributed by atoms with van der Waals surface area (Å²) in [6.45, 7) is 5.05. The first-order valence-corrected chi connectivity index (χ1v) is 6.77. The summed E-state index contributed by atoms with van der Waals surface area (Å²) in [5, 5.41) is 0. The zero-order valence-electron chi connectivity index (χ0n) is 10.00. The van der Waals surface area contributed by atoms with E-state index in [4.69, 9.17) is 5.73 Å². The molecule has 2 atom stereocenters. The molecule has 1 aromatic rings. The van der Waals surface area contributed by atoms with Gasteiger partial charge in [-0.15, -0.1) is 0 Å². The van der Waals surface area contributed by atoms with Gasteiger partial charge in [-0.1, -0.05) is 13.0 Å². The lowest BCUT2D eigenvalue weighted by Crippen LogP contribution is -2.47. The van der Waals surface area contributed by atoms with E-state index in [0.717, 1.165) is 31.6 Å². The number of halogens is 2. The maximum atomic E-state index is 13.1. The minimum Gasteiger partial charge on any atom is -0.326 e. The van der Waals surface area contributed by atoms with Gasteiger partial charge in [0.15, 0.2) is 0 Å². The number of rotatable bonds is 2. The van der Waals surface area contributed by atoms with Gasteiger partial charge in [-0.05, 0) is 52.5 Å². The monoisotopic (exact) mass is 300 g/mol. The summed E-state index contributed by atoms with van der Waals surface area (Å²) in [6.07, 6.45) is 1.14. The lowest BCUT2D eigenvalue weighted by Gasteiger charge is -2.35. The second kappa shape index (κ2) is 5.46. The summed E-state index contributed by atoms with van der Waals surface area (Å²) in [6, 6.07) is 5.45. The Balaban J connectivity index is 1.99. The number of hydrogen-bond acceptors (Lipinski definition) is 2. The summed E-state index contributed by atoms with van der Waals surface area (Å²) in [4.78, 5) is 2.34. The molecule has 1 aliphatic heterocycles. The van der Waals surface area contributed by atoms with E-state index in [0.29, 0.717) is 10.4 Å². The average molecular weight is 301 g/mol. The Labute approximate surface area is 110 Å². The van der Waals surface area contributed by atoms with Crippen molar-refractivity contribution in [2.24, 2.45) is 11.7 Å². The fourth-order valence-electron chi connectivity index (χ4n) is 2.21. The third kappa shape index (κ3) is 3.27. The van der Waals surface area contributed by atoms with Crippen LogP contribution in [-0.4, -0.2) is 24.0 Å². The molecule has 1 heterocycles. The van der Waals surface area contributed by atoms with Crippen molar-refractivity contribution in [2.75, 3.05) is 13.1 Å². The number of piperidine rings is 1. The predicted molar refractivity (Wildman–Crippen MR) is 71.1 cm³/mol. The fourth-order valence-corrected chi connectivity index (χ4v) is 2.64. The normalized spacial score (nSPS) is 26.1. The van der Waals surface area contributed by atoms with Crippen LogP contribution in [0.4, 0.5) is 4.39 Å². The summed E-state index contributed by atoms with van der Waals surface area (Å²) < 4.78 is 13.6. The first-order valence-electron chi connectivity index (χ1n) is 5.98. The molecule has 4 heteroatoms. The predicted octanol–water partition coefficient (Wildman–Crippen LogP) is 2.76. The number of hydrogen-bond donors (Lipinski definition) is 1. The zero-order chi connectivity index (χ0) is 12.4. The van der Waals surface area contributed by atoms with E-state index in [9.17, 15) is 4.39 Å². The van der Waals surface area contributed by atoms with Gasteiger partial charge in [-0.3, -0.25) is 4.90 Å². The van der Waals surface area contributed by atoms with Crippen LogP contribution in [0.1, 0.15) is 18.9 Å². The summed E-state index contributed by atoms with van der Waals surface area (Å²) in [7, 11) is 0. The van der Waals surface area contributed by atoms with Crippen LogP contribution in [0.3, 0.4) is 0 Å². The topological polar surface area (TPSA) is 29.3 Å². The minimum absolute atomic E-state index is 0.210. The van der Waals surface area contributed by atoms with E-state index in [1.54, 1.807) is 0 Å². The maximum Gasteiger partial charge on any atom is 0.137 e. The van der Waals surface area contributed by atoms with Gasteiger partial charge >= 0.3 is 0 Å². The van der Waals surface area contributed by atoms with E-state index in [1.165, 1.54) is 6.07 Å². The van der Waals surface area contributed by atoms with E-state index in [-0.39, 0.29) is 11.9 Å². The smallest absolute Gasteiger partial charge is 0.137 e. The van der Waals surface area contributed by atoms with Gasteiger partial charge in [0.05, 0.1) is 4.47 Å². The summed E-state index contributed by atoms with van der Waals surface area (Å²) in [5.41, 5.74) is 7.19. The Hall–Kier alpha value is -0.450. The molecule has 0 radical (unpaired) electrons. The lowest BCUT2D eigenvalue weighted by molar-refractivity contribution is 0.162. The molecule has 2 N–H and O–H groups in total. The van der Waals surface area contributed by atoms with Gasteiger partial charge in [0.25, 0.3) is 0 Å². The van der Waals surface area contributed by atoms with Gasteiger partial charge in [-0.25, -0.2) is 4.39 Å². The second-order valence-corrected chi connectivity index (χ2v) is 5.77. The molecule has 0 aliphatic carbocycles. The van der Waals surface area contributed by atoms with Crippen LogP contribution in [0.2, 0.25) is 0 Å². The highest BCUT2D eigenvalue weighted by molar-refractivity contribution is 9.10. The van der Waals surface area contributed by atoms with Crippen LogP contribution >= 0.6 is 15.9 Å². The number of nitrogens with two attached hydrogens (primary N) is 1. The van der Waals surface area contributed by atoms with Crippen molar-refractivity contribution in [1.29, 1.82) is 0 Å². The summed E-state index contributed by atoms with van der Waals surface area (Å²) in [5.74, 6) is 0.393. The Bertz CT molecular complexity index is 397. The van der Waals surface area contributed by atoms with Crippen molar-refractivity contribution in [3.05, 3.63) is 34.1 Å². The van der Waals surface area contributed by atoms with Gasteiger partial charge < -0.3 is 5.73 Å². The zero-order valence-corrected chi connectivity index (χ0v) is 11.6. The molecule has 0 saturated carbocycles. The van der Waals surface area contributed by atoms with E-state index in [1.807, 2.05) is 12.1 Å². The molecular weight excluding hydrogens is 283 g/mol. The summed E-state index contributed by atoms with van der Waals surface area (Å²) >= 11 is 3.21. The van der Waals surface area contributed by atoms with Crippen LogP contribution in [0.15, 0.2) is 22.7 Å². The second-order valence-electron chi connectivity index (χ2n) is 4.91. The molecule has 2 rings (SSSR count). The fraction of sp³-hybridized carbons (Fsp3) is 0.538. The molecule has 2 unspecified atom stereocenters. The van der Waals surface area contributed by atoms with Crippen molar-refractivity contribution in [3.63, 3.8) is 0 Å². The van der Waals surface area contributed by atoms with Crippen LogP contribution in [0.5, 0.6) is 0 Å². The quantitative estimate of drug-likeness (QED) is 0.910. The van der Waals surface area contributed by atoms with Crippen molar-refractivity contribution in [1.82, 2.24) is 4.90 Å². The molecule has 94 valence electrons. The average Bonchev–Trinajstić information content (AvgIpc) is 2.29. The first-order chi connectivity index (χ1) is 8.06. The van der Waals surface area contributed by atoms with Crippen molar-refractivity contribution >= 4 is 15.9 Å². The molecular formula is C13H18BrFN2. The van der Waals surface area contributed by atoms with Crippen LogP contribution in [0, 0.1) is 11.7 Å². The molecule has 1 aromatic carbocycles. The Morgan fingerprint density at radius 1 is 1.53 bits per heavy atom. The Morgan fingerprint density at radius 2 is 2.29 bits per heavy atom. The van der Waals surface area contributed by atoms with Crippen LogP contribution in [-0.2, 0) is 6.54 Å². The van der Waals surface area contributed by atoms with Crippen molar-refractivity contribution < 1.29 is 4.39 Å². The SMILES string of the molecule is CC1CCN(Cc2ccc(F)c(Br)c2)CC1N. The molecule has 2 nitrogen and oxygen atoms in total. The van der Waals surface area contributed by atoms with Crippen molar-refractivity contribution in [3.8, 4) is 0 Å². The number of likely N-dealkylation sites (tertiary alicyclic amines) is 1. The van der Waals surface area contributed by atoms with Gasteiger partial charge in [0.2, 0.25) is 0 Å². The van der Waals surface area contributed by atoms with Crippen LogP contribution in [0.25, 0.3) is 0 Å². The van der Waals surface area contributed by atoms with E-state index < -0.39 is 0 Å². The van der Waals surface area contributed by atoms with Gasteiger partial charge in [0.1, 0.15) is 5.82 Å². The highest BCUT2D eigenvalue weighted by Gasteiger charge is 2.22. The largest absolute Gasteiger partial charge is 0.326 e. The molecule has 0 spiro atoms.